The summed E-state index contributed by atoms with van der Waals surface area (Å²) in [5, 5.41) is 19.6. The van der Waals surface area contributed by atoms with Crippen LogP contribution in [0.5, 0.6) is 0 Å². The molecule has 22 heavy (non-hydrogen) atoms. The fourth-order valence-electron chi connectivity index (χ4n) is 2.12. The molecule has 11 heteroatoms. The zero-order chi connectivity index (χ0) is 16.5. The number of carboxylic acid groups (broad SMARTS) is 1. The van der Waals surface area contributed by atoms with Crippen molar-refractivity contribution in [2.24, 2.45) is 0 Å². The van der Waals surface area contributed by atoms with E-state index >= 15 is 0 Å². The first-order chi connectivity index (χ1) is 10.2. The molecule has 0 spiro atoms. The SMILES string of the molecule is O=C(O)N1CC[C@@H](NS(=O)(=O)c2cc([N+](=O)[O-])ccc2Br)C1. The molecule has 0 unspecified atom stereocenters. The molecule has 1 saturated heterocycles. The Balaban J connectivity index is 2.23. The third-order valence-electron chi connectivity index (χ3n) is 3.20. The minimum Gasteiger partial charge on any atom is -0.465 e. The van der Waals surface area contributed by atoms with Gasteiger partial charge in [0.05, 0.1) is 4.92 Å². The van der Waals surface area contributed by atoms with Crippen LogP contribution in [0.2, 0.25) is 0 Å². The van der Waals surface area contributed by atoms with E-state index in [0.717, 1.165) is 11.0 Å². The number of nitro groups is 1. The maximum absolute atomic E-state index is 12.3. The van der Waals surface area contributed by atoms with Gasteiger partial charge < -0.3 is 10.0 Å². The van der Waals surface area contributed by atoms with E-state index in [-0.39, 0.29) is 28.1 Å². The van der Waals surface area contributed by atoms with E-state index in [1.807, 2.05) is 0 Å². The number of sulfonamides is 1. The Kier molecular flexibility index (Phi) is 4.68. The summed E-state index contributed by atoms with van der Waals surface area (Å²) in [5.41, 5.74) is -0.345. The van der Waals surface area contributed by atoms with Crippen molar-refractivity contribution in [1.82, 2.24) is 9.62 Å². The molecular formula is C11H12BrN3O6S. The average molecular weight is 394 g/mol. The summed E-state index contributed by atoms with van der Waals surface area (Å²) in [6.45, 7) is 0.278. The third kappa shape index (κ3) is 3.54. The molecule has 1 aromatic carbocycles. The van der Waals surface area contributed by atoms with Gasteiger partial charge in [-0.25, -0.2) is 17.9 Å². The number of nitrogens with zero attached hydrogens (tertiary/aromatic N) is 2. The van der Waals surface area contributed by atoms with E-state index in [9.17, 15) is 23.3 Å². The van der Waals surface area contributed by atoms with E-state index in [1.54, 1.807) is 0 Å². The summed E-state index contributed by atoms with van der Waals surface area (Å²) in [4.78, 5) is 21.7. The fourth-order valence-corrected chi connectivity index (χ4v) is 4.37. The maximum atomic E-state index is 12.3. The van der Waals surface area contributed by atoms with Crippen LogP contribution in [0.15, 0.2) is 27.6 Å². The zero-order valence-corrected chi connectivity index (χ0v) is 13.5. The fraction of sp³-hybridized carbons (Fsp3) is 0.364. The lowest BCUT2D eigenvalue weighted by molar-refractivity contribution is -0.385. The normalized spacial score (nSPS) is 18.4. The lowest BCUT2D eigenvalue weighted by Gasteiger charge is -2.14. The van der Waals surface area contributed by atoms with Crippen molar-refractivity contribution < 1.29 is 23.2 Å². The highest BCUT2D eigenvalue weighted by molar-refractivity contribution is 9.10. The smallest absolute Gasteiger partial charge is 0.407 e. The molecule has 1 atom stereocenters. The van der Waals surface area contributed by atoms with Crippen LogP contribution in [-0.2, 0) is 10.0 Å². The molecule has 1 aliphatic rings. The van der Waals surface area contributed by atoms with Crippen molar-refractivity contribution in [3.63, 3.8) is 0 Å². The van der Waals surface area contributed by atoms with Crippen LogP contribution in [-0.4, -0.2) is 48.6 Å². The first kappa shape index (κ1) is 16.6. The number of amides is 1. The lowest BCUT2D eigenvalue weighted by atomic mass is 10.3. The van der Waals surface area contributed by atoms with Gasteiger partial charge in [0.15, 0.2) is 0 Å². The quantitative estimate of drug-likeness (QED) is 0.586. The number of nitrogens with one attached hydrogen (secondary N) is 1. The molecule has 9 nitrogen and oxygen atoms in total. The van der Waals surface area contributed by atoms with Crippen molar-refractivity contribution in [2.45, 2.75) is 17.4 Å². The second kappa shape index (κ2) is 6.18. The van der Waals surface area contributed by atoms with Crippen LogP contribution >= 0.6 is 15.9 Å². The Morgan fingerprint density at radius 2 is 2.18 bits per heavy atom. The molecule has 0 bridgehead atoms. The van der Waals surface area contributed by atoms with Gasteiger partial charge in [-0.3, -0.25) is 10.1 Å². The van der Waals surface area contributed by atoms with Crippen LogP contribution in [0.1, 0.15) is 6.42 Å². The highest BCUT2D eigenvalue weighted by Gasteiger charge is 2.31. The number of nitro benzene ring substituents is 1. The largest absolute Gasteiger partial charge is 0.465 e. The van der Waals surface area contributed by atoms with Crippen molar-refractivity contribution >= 4 is 37.7 Å². The van der Waals surface area contributed by atoms with Gasteiger partial charge in [0.25, 0.3) is 5.69 Å². The van der Waals surface area contributed by atoms with Crippen molar-refractivity contribution in [2.75, 3.05) is 13.1 Å². The van der Waals surface area contributed by atoms with Crippen LogP contribution < -0.4 is 4.72 Å². The molecule has 2 N–H and O–H groups in total. The van der Waals surface area contributed by atoms with Crippen LogP contribution in [0.3, 0.4) is 0 Å². The third-order valence-corrected chi connectivity index (χ3v) is 5.71. The molecule has 0 radical (unpaired) electrons. The maximum Gasteiger partial charge on any atom is 0.407 e. The molecule has 2 rings (SSSR count). The zero-order valence-electron chi connectivity index (χ0n) is 11.1. The molecule has 0 saturated carbocycles. The highest BCUT2D eigenvalue weighted by atomic mass is 79.9. The molecule has 1 fully saturated rings. The number of hydrogen-bond acceptors (Lipinski definition) is 5. The van der Waals surface area contributed by atoms with Gasteiger partial charge in [-0.05, 0) is 28.4 Å². The van der Waals surface area contributed by atoms with E-state index in [0.29, 0.717) is 6.42 Å². The van der Waals surface area contributed by atoms with Crippen LogP contribution in [0.25, 0.3) is 0 Å². The molecule has 0 aliphatic carbocycles. The van der Waals surface area contributed by atoms with Gasteiger partial charge in [0.2, 0.25) is 10.0 Å². The number of hydrogen-bond donors (Lipinski definition) is 2. The molecular weight excluding hydrogens is 382 g/mol. The van der Waals surface area contributed by atoms with Crippen molar-refractivity contribution in [1.29, 1.82) is 0 Å². The molecule has 0 aromatic heterocycles. The number of non-ortho nitro benzene ring substituents is 1. The summed E-state index contributed by atoms with van der Waals surface area (Å²) in [6, 6.07) is 2.86. The Labute approximate surface area is 134 Å². The average Bonchev–Trinajstić information content (AvgIpc) is 2.86. The van der Waals surface area contributed by atoms with Crippen molar-refractivity contribution in [3.8, 4) is 0 Å². The highest BCUT2D eigenvalue weighted by Crippen LogP contribution is 2.27. The Morgan fingerprint density at radius 3 is 2.73 bits per heavy atom. The van der Waals surface area contributed by atoms with E-state index in [2.05, 4.69) is 20.7 Å². The second-order valence-corrected chi connectivity index (χ2v) is 7.24. The monoisotopic (exact) mass is 393 g/mol. The first-order valence-corrected chi connectivity index (χ1v) is 8.42. The van der Waals surface area contributed by atoms with Gasteiger partial charge in [0, 0.05) is 35.7 Å². The Bertz CT molecular complexity index is 723. The minimum absolute atomic E-state index is 0.0428. The molecule has 120 valence electrons. The van der Waals surface area contributed by atoms with Crippen LogP contribution in [0.4, 0.5) is 10.5 Å². The minimum atomic E-state index is -4.00. The van der Waals surface area contributed by atoms with E-state index < -0.39 is 27.1 Å². The lowest BCUT2D eigenvalue weighted by Crippen LogP contribution is -2.38. The van der Waals surface area contributed by atoms with Crippen molar-refractivity contribution in [3.05, 3.63) is 32.8 Å². The number of carbonyl (C=O) groups is 1. The van der Waals surface area contributed by atoms with Crippen LogP contribution in [0, 0.1) is 10.1 Å². The molecule has 1 aromatic rings. The van der Waals surface area contributed by atoms with Gasteiger partial charge in [-0.15, -0.1) is 0 Å². The standard InChI is InChI=1S/C11H12BrN3O6S/c12-9-2-1-8(15(18)19)5-10(9)22(20,21)13-7-3-4-14(6-7)11(16)17/h1-2,5,7,13H,3-4,6H2,(H,16,17)/t7-/m1/s1. The predicted octanol–water partition coefficient (Wildman–Crippen LogP) is 1.39. The molecule has 1 heterocycles. The van der Waals surface area contributed by atoms with E-state index in [1.165, 1.54) is 12.1 Å². The summed E-state index contributed by atoms with van der Waals surface area (Å²) >= 11 is 3.05. The number of halogens is 1. The van der Waals surface area contributed by atoms with Gasteiger partial charge in [0.1, 0.15) is 4.90 Å². The topological polar surface area (TPSA) is 130 Å². The first-order valence-electron chi connectivity index (χ1n) is 6.15. The number of benzene rings is 1. The Hall–Kier alpha value is -1.72. The van der Waals surface area contributed by atoms with Gasteiger partial charge in [-0.2, -0.15) is 0 Å². The van der Waals surface area contributed by atoms with Gasteiger partial charge >= 0.3 is 6.09 Å². The van der Waals surface area contributed by atoms with E-state index in [4.69, 9.17) is 5.11 Å². The Morgan fingerprint density at radius 1 is 1.50 bits per heavy atom. The summed E-state index contributed by atoms with van der Waals surface area (Å²) in [6.07, 6.45) is -0.767. The van der Waals surface area contributed by atoms with Gasteiger partial charge in [-0.1, -0.05) is 0 Å². The summed E-state index contributed by atoms with van der Waals surface area (Å²) in [7, 11) is -4.00. The number of rotatable bonds is 4. The summed E-state index contributed by atoms with van der Waals surface area (Å²) in [5.74, 6) is 0. The predicted molar refractivity (Wildman–Crippen MR) is 79.1 cm³/mol. The molecule has 1 aliphatic heterocycles. The molecule has 1 amide bonds. The number of likely N-dealkylation sites (tertiary alicyclic amines) is 1. The summed E-state index contributed by atoms with van der Waals surface area (Å²) < 4.78 is 27.2. The second-order valence-electron chi connectivity index (χ2n) is 4.71.